The highest BCUT2D eigenvalue weighted by molar-refractivity contribution is 5.73. The lowest BCUT2D eigenvalue weighted by Crippen LogP contribution is -2.20. The molecule has 108 valence electrons. The second-order valence-electron chi connectivity index (χ2n) is 5.51. The Morgan fingerprint density at radius 1 is 1.19 bits per heavy atom. The van der Waals surface area contributed by atoms with Gasteiger partial charge in [0, 0.05) is 5.92 Å². The zero-order valence-electron chi connectivity index (χ0n) is 12.0. The van der Waals surface area contributed by atoms with E-state index in [-0.39, 0.29) is 11.8 Å². The maximum Gasteiger partial charge on any atom is 0.307 e. The van der Waals surface area contributed by atoms with Crippen LogP contribution in [0.15, 0.2) is 48.5 Å². The monoisotopic (exact) mass is 282 g/mol. The van der Waals surface area contributed by atoms with Gasteiger partial charge in [0.1, 0.15) is 5.75 Å². The van der Waals surface area contributed by atoms with E-state index in [0.29, 0.717) is 6.42 Å². The standard InChI is InChI=1S/C18H18O3/c1-21-14-8-6-12(7-9-14)10-16-15-5-3-2-4-13(15)11-17(16)18(19)20/h2-9,16-17H,10-11H2,1H3,(H,19,20). The molecule has 0 aliphatic heterocycles. The first kappa shape index (κ1) is 13.7. The Morgan fingerprint density at radius 3 is 2.57 bits per heavy atom. The molecule has 0 spiro atoms. The van der Waals surface area contributed by atoms with Crippen LogP contribution in [0.5, 0.6) is 5.75 Å². The van der Waals surface area contributed by atoms with Crippen molar-refractivity contribution in [2.45, 2.75) is 18.8 Å². The third-order valence-electron chi connectivity index (χ3n) is 4.31. The van der Waals surface area contributed by atoms with Crippen LogP contribution in [0.4, 0.5) is 0 Å². The molecule has 0 radical (unpaired) electrons. The summed E-state index contributed by atoms with van der Waals surface area (Å²) in [6, 6.07) is 15.9. The van der Waals surface area contributed by atoms with Gasteiger partial charge in [0.05, 0.1) is 13.0 Å². The fourth-order valence-corrected chi connectivity index (χ4v) is 3.20. The minimum absolute atomic E-state index is 0.0482. The third kappa shape index (κ3) is 2.64. The zero-order valence-corrected chi connectivity index (χ0v) is 12.0. The summed E-state index contributed by atoms with van der Waals surface area (Å²) in [4.78, 5) is 11.6. The summed E-state index contributed by atoms with van der Waals surface area (Å²) in [7, 11) is 1.64. The molecule has 0 saturated heterocycles. The van der Waals surface area contributed by atoms with E-state index < -0.39 is 5.97 Å². The molecular weight excluding hydrogens is 264 g/mol. The summed E-state index contributed by atoms with van der Waals surface area (Å²) in [5.41, 5.74) is 3.49. The highest BCUT2D eigenvalue weighted by Crippen LogP contribution is 2.40. The molecule has 0 fully saturated rings. The number of ether oxygens (including phenoxy) is 1. The lowest BCUT2D eigenvalue weighted by Gasteiger charge is -2.17. The SMILES string of the molecule is COc1ccc(CC2c3ccccc3CC2C(=O)O)cc1. The Hall–Kier alpha value is -2.29. The van der Waals surface area contributed by atoms with Gasteiger partial charge in [0.2, 0.25) is 0 Å². The number of carboxylic acids is 1. The van der Waals surface area contributed by atoms with Crippen LogP contribution in [0.1, 0.15) is 22.6 Å². The first-order valence-corrected chi connectivity index (χ1v) is 7.12. The number of fused-ring (bicyclic) bond motifs is 1. The summed E-state index contributed by atoms with van der Waals surface area (Å²) in [5.74, 6) is -0.165. The van der Waals surface area contributed by atoms with E-state index in [9.17, 15) is 9.90 Å². The van der Waals surface area contributed by atoms with Crippen LogP contribution in [-0.2, 0) is 17.6 Å². The Kier molecular flexibility index (Phi) is 3.65. The van der Waals surface area contributed by atoms with Crippen molar-refractivity contribution >= 4 is 5.97 Å². The van der Waals surface area contributed by atoms with Crippen molar-refractivity contribution in [2.75, 3.05) is 7.11 Å². The molecule has 1 N–H and O–H groups in total. The molecule has 1 aliphatic rings. The quantitative estimate of drug-likeness (QED) is 0.936. The smallest absolute Gasteiger partial charge is 0.307 e. The van der Waals surface area contributed by atoms with E-state index in [1.54, 1.807) is 7.11 Å². The summed E-state index contributed by atoms with van der Waals surface area (Å²) >= 11 is 0. The van der Waals surface area contributed by atoms with Crippen LogP contribution in [0, 0.1) is 5.92 Å². The van der Waals surface area contributed by atoms with Crippen molar-refractivity contribution in [1.82, 2.24) is 0 Å². The largest absolute Gasteiger partial charge is 0.497 e. The molecule has 0 saturated carbocycles. The number of rotatable bonds is 4. The molecule has 2 aromatic rings. The molecule has 21 heavy (non-hydrogen) atoms. The Bertz CT molecular complexity index is 646. The second-order valence-corrected chi connectivity index (χ2v) is 5.51. The van der Waals surface area contributed by atoms with Crippen LogP contribution in [0.2, 0.25) is 0 Å². The number of hydrogen-bond donors (Lipinski definition) is 1. The first-order chi connectivity index (χ1) is 10.2. The Morgan fingerprint density at radius 2 is 1.90 bits per heavy atom. The summed E-state index contributed by atoms with van der Waals surface area (Å²) in [5, 5.41) is 9.50. The summed E-state index contributed by atoms with van der Waals surface area (Å²) in [6.07, 6.45) is 1.38. The molecule has 0 heterocycles. The highest BCUT2D eigenvalue weighted by atomic mass is 16.5. The van der Waals surface area contributed by atoms with Gasteiger partial charge in [0.15, 0.2) is 0 Å². The molecule has 2 aromatic carbocycles. The number of benzene rings is 2. The first-order valence-electron chi connectivity index (χ1n) is 7.12. The van der Waals surface area contributed by atoms with E-state index in [1.165, 1.54) is 11.1 Å². The van der Waals surface area contributed by atoms with Gasteiger partial charge in [0.25, 0.3) is 0 Å². The molecule has 0 aromatic heterocycles. The van der Waals surface area contributed by atoms with Gasteiger partial charge in [-0.05, 0) is 41.7 Å². The summed E-state index contributed by atoms with van der Waals surface area (Å²) in [6.45, 7) is 0. The number of methoxy groups -OCH3 is 1. The lowest BCUT2D eigenvalue weighted by molar-refractivity contribution is -0.142. The van der Waals surface area contributed by atoms with Crippen LogP contribution in [-0.4, -0.2) is 18.2 Å². The molecule has 3 heteroatoms. The number of aliphatic carboxylic acids is 1. The van der Waals surface area contributed by atoms with E-state index in [4.69, 9.17) is 4.74 Å². The predicted octanol–water partition coefficient (Wildman–Crippen LogP) is 3.28. The van der Waals surface area contributed by atoms with E-state index >= 15 is 0 Å². The zero-order chi connectivity index (χ0) is 14.8. The topological polar surface area (TPSA) is 46.5 Å². The highest BCUT2D eigenvalue weighted by Gasteiger charge is 2.36. The Balaban J connectivity index is 1.88. The molecule has 3 nitrogen and oxygen atoms in total. The van der Waals surface area contributed by atoms with E-state index in [2.05, 4.69) is 6.07 Å². The summed E-state index contributed by atoms with van der Waals surface area (Å²) < 4.78 is 5.16. The van der Waals surface area contributed by atoms with E-state index in [1.807, 2.05) is 42.5 Å². The fraction of sp³-hybridized carbons (Fsp3) is 0.278. The third-order valence-corrected chi connectivity index (χ3v) is 4.31. The average molecular weight is 282 g/mol. The van der Waals surface area contributed by atoms with Gasteiger partial charge in [-0.1, -0.05) is 36.4 Å². The van der Waals surface area contributed by atoms with E-state index in [0.717, 1.165) is 17.7 Å². The van der Waals surface area contributed by atoms with Gasteiger partial charge in [-0.3, -0.25) is 4.79 Å². The van der Waals surface area contributed by atoms with Gasteiger partial charge in [-0.25, -0.2) is 0 Å². The molecule has 3 rings (SSSR count). The van der Waals surface area contributed by atoms with Crippen LogP contribution in [0.3, 0.4) is 0 Å². The lowest BCUT2D eigenvalue weighted by atomic mass is 9.87. The van der Waals surface area contributed by atoms with Crippen molar-refractivity contribution < 1.29 is 14.6 Å². The molecule has 2 atom stereocenters. The van der Waals surface area contributed by atoms with Crippen LogP contribution >= 0.6 is 0 Å². The fourth-order valence-electron chi connectivity index (χ4n) is 3.20. The second kappa shape index (κ2) is 5.60. The predicted molar refractivity (Wildman–Crippen MR) is 80.7 cm³/mol. The van der Waals surface area contributed by atoms with Gasteiger partial charge >= 0.3 is 5.97 Å². The molecule has 0 bridgehead atoms. The normalized spacial score (nSPS) is 20.0. The van der Waals surface area contributed by atoms with Crippen LogP contribution < -0.4 is 4.74 Å². The van der Waals surface area contributed by atoms with Gasteiger partial charge in [-0.2, -0.15) is 0 Å². The minimum atomic E-state index is -0.704. The van der Waals surface area contributed by atoms with Gasteiger partial charge < -0.3 is 9.84 Å². The van der Waals surface area contributed by atoms with Crippen molar-refractivity contribution in [2.24, 2.45) is 5.92 Å². The van der Waals surface area contributed by atoms with Crippen molar-refractivity contribution in [1.29, 1.82) is 0 Å². The number of hydrogen-bond acceptors (Lipinski definition) is 2. The average Bonchev–Trinajstić information content (AvgIpc) is 2.87. The number of carboxylic acid groups (broad SMARTS) is 1. The van der Waals surface area contributed by atoms with Gasteiger partial charge in [-0.15, -0.1) is 0 Å². The Labute approximate surface area is 124 Å². The molecule has 0 amide bonds. The maximum absolute atomic E-state index is 11.6. The number of carbonyl (C=O) groups is 1. The van der Waals surface area contributed by atoms with Crippen molar-refractivity contribution in [3.05, 3.63) is 65.2 Å². The molecule has 2 unspecified atom stereocenters. The molecular formula is C18H18O3. The minimum Gasteiger partial charge on any atom is -0.497 e. The van der Waals surface area contributed by atoms with Crippen molar-refractivity contribution in [3.63, 3.8) is 0 Å². The maximum atomic E-state index is 11.6. The van der Waals surface area contributed by atoms with Crippen LogP contribution in [0.25, 0.3) is 0 Å². The van der Waals surface area contributed by atoms with Crippen molar-refractivity contribution in [3.8, 4) is 5.75 Å². The molecule has 1 aliphatic carbocycles.